The molecule has 67 heavy (non-hydrogen) atoms. The predicted octanol–water partition coefficient (Wildman–Crippen LogP) is 18.0. The van der Waals surface area contributed by atoms with Gasteiger partial charge in [0.2, 0.25) is 0 Å². The second-order valence-electron chi connectivity index (χ2n) is 17.5. The van der Waals surface area contributed by atoms with Crippen LogP contribution in [0.3, 0.4) is 0 Å². The van der Waals surface area contributed by atoms with Crippen LogP contribution in [0.5, 0.6) is 0 Å². The Morgan fingerprint density at radius 3 is 1.72 bits per heavy atom. The largest absolute Gasteiger partial charge is 0.310 e. The van der Waals surface area contributed by atoms with E-state index in [1.165, 1.54) is 92.1 Å². The molecular formula is C65H43NS. The summed E-state index contributed by atoms with van der Waals surface area (Å²) in [7, 11) is 0. The molecule has 0 spiro atoms. The summed E-state index contributed by atoms with van der Waals surface area (Å²) in [5.41, 5.74) is 17.6. The van der Waals surface area contributed by atoms with Crippen molar-refractivity contribution in [2.75, 3.05) is 4.90 Å². The molecule has 0 amide bonds. The molecule has 1 aliphatic carbocycles. The van der Waals surface area contributed by atoms with Gasteiger partial charge in [0.05, 0.1) is 11.1 Å². The summed E-state index contributed by atoms with van der Waals surface area (Å²) in [4.78, 5) is 2.49. The lowest BCUT2D eigenvalue weighted by Crippen LogP contribution is -2.28. The molecule has 1 aromatic heterocycles. The van der Waals surface area contributed by atoms with Crippen LogP contribution in [0.25, 0.3) is 75.5 Å². The Kier molecular flexibility index (Phi) is 9.33. The lowest BCUT2D eigenvalue weighted by molar-refractivity contribution is 0.768. The Labute approximate surface area is 395 Å². The Morgan fingerprint density at radius 1 is 0.328 bits per heavy atom. The molecule has 1 nitrogen and oxygen atoms in total. The molecule has 1 heterocycles. The van der Waals surface area contributed by atoms with Crippen molar-refractivity contribution >= 4 is 59.3 Å². The first-order valence-corrected chi connectivity index (χ1v) is 23.9. The normalized spacial score (nSPS) is 12.6. The minimum atomic E-state index is -0.521. The van der Waals surface area contributed by atoms with E-state index in [0.29, 0.717) is 0 Å². The smallest absolute Gasteiger partial charge is 0.0714 e. The molecule has 0 saturated carbocycles. The molecule has 13 rings (SSSR count). The molecule has 0 bridgehead atoms. The van der Waals surface area contributed by atoms with Crippen LogP contribution in [-0.4, -0.2) is 0 Å². The summed E-state index contributed by atoms with van der Waals surface area (Å²) in [5.74, 6) is 0. The molecule has 0 fully saturated rings. The van der Waals surface area contributed by atoms with E-state index in [2.05, 4.69) is 266 Å². The SMILES string of the molecule is c1ccc(C2(c3ccccc3)c3ccccc3-c3c(N(c4ccc(-c5cccc6c5sc5ccccc56)cc4)c4cccc(-c5cccc(-c6cccc7ccccc67)c5)c4)cccc32)cc1. The van der Waals surface area contributed by atoms with Gasteiger partial charge < -0.3 is 4.90 Å². The van der Waals surface area contributed by atoms with Gasteiger partial charge in [0, 0.05) is 37.1 Å². The van der Waals surface area contributed by atoms with Crippen molar-refractivity contribution in [1.82, 2.24) is 0 Å². The van der Waals surface area contributed by atoms with E-state index >= 15 is 0 Å². The van der Waals surface area contributed by atoms with Crippen LogP contribution < -0.4 is 4.90 Å². The van der Waals surface area contributed by atoms with Crippen LogP contribution in [0, 0.1) is 0 Å². The van der Waals surface area contributed by atoms with E-state index in [4.69, 9.17) is 0 Å². The maximum absolute atomic E-state index is 2.49. The van der Waals surface area contributed by atoms with Gasteiger partial charge in [0.1, 0.15) is 0 Å². The molecule has 2 heteroatoms. The Morgan fingerprint density at radius 2 is 0.896 bits per heavy atom. The molecule has 0 saturated heterocycles. The lowest BCUT2D eigenvalue weighted by atomic mass is 9.68. The van der Waals surface area contributed by atoms with Gasteiger partial charge in [-0.25, -0.2) is 0 Å². The summed E-state index contributed by atoms with van der Waals surface area (Å²) < 4.78 is 2.64. The first-order valence-electron chi connectivity index (χ1n) is 23.1. The molecule has 0 aliphatic heterocycles. The van der Waals surface area contributed by atoms with Gasteiger partial charge in [-0.3, -0.25) is 0 Å². The molecule has 314 valence electrons. The Hall–Kier alpha value is -8.30. The first kappa shape index (κ1) is 39.1. The number of nitrogens with zero attached hydrogens (tertiary/aromatic N) is 1. The van der Waals surface area contributed by atoms with Crippen molar-refractivity contribution in [3.8, 4) is 44.5 Å². The van der Waals surface area contributed by atoms with Gasteiger partial charge in [-0.05, 0) is 114 Å². The van der Waals surface area contributed by atoms with Crippen molar-refractivity contribution in [2.24, 2.45) is 0 Å². The van der Waals surface area contributed by atoms with Crippen molar-refractivity contribution in [2.45, 2.75) is 5.41 Å². The third-order valence-corrected chi connectivity index (χ3v) is 15.2. The standard InChI is InChI=1S/C65H43NS/c1-3-23-49(24-4-1)65(50-25-5-2-6-26-50)59-34-11-9-30-58(59)63-60(65)35-17-36-61(63)66(51-40-38-45(39-41-51)55-32-16-33-57-56-29-10-12-37-62(56)67-64(55)57)52-27-14-21-47(43-52)46-20-13-22-48(42-46)54-31-15-19-44-18-7-8-28-53(44)54/h1-43H. The van der Waals surface area contributed by atoms with E-state index in [1.807, 2.05) is 11.3 Å². The fourth-order valence-electron chi connectivity index (χ4n) is 11.0. The summed E-state index contributed by atoms with van der Waals surface area (Å²) in [5, 5.41) is 5.13. The zero-order valence-electron chi connectivity index (χ0n) is 36.7. The average Bonchev–Trinajstić information content (AvgIpc) is 3.94. The van der Waals surface area contributed by atoms with E-state index in [-0.39, 0.29) is 0 Å². The third kappa shape index (κ3) is 6.29. The van der Waals surface area contributed by atoms with Crippen molar-refractivity contribution < 1.29 is 0 Å². The summed E-state index contributed by atoms with van der Waals surface area (Å²) in [6.45, 7) is 0. The van der Waals surface area contributed by atoms with Gasteiger partial charge >= 0.3 is 0 Å². The molecule has 1 aliphatic rings. The molecule has 12 aromatic rings. The highest BCUT2D eigenvalue weighted by atomic mass is 32.1. The second-order valence-corrected chi connectivity index (χ2v) is 18.6. The van der Waals surface area contributed by atoms with E-state index in [0.717, 1.165) is 22.6 Å². The molecule has 0 atom stereocenters. The van der Waals surface area contributed by atoms with Crippen molar-refractivity contribution in [1.29, 1.82) is 0 Å². The van der Waals surface area contributed by atoms with Gasteiger partial charge in [0.15, 0.2) is 0 Å². The van der Waals surface area contributed by atoms with Crippen molar-refractivity contribution in [3.05, 3.63) is 283 Å². The zero-order valence-corrected chi connectivity index (χ0v) is 37.5. The monoisotopic (exact) mass is 869 g/mol. The van der Waals surface area contributed by atoms with Crippen molar-refractivity contribution in [3.63, 3.8) is 0 Å². The van der Waals surface area contributed by atoms with Crippen LogP contribution in [-0.2, 0) is 5.41 Å². The van der Waals surface area contributed by atoms with Gasteiger partial charge in [0.25, 0.3) is 0 Å². The fourth-order valence-corrected chi connectivity index (χ4v) is 12.3. The number of rotatable bonds is 8. The maximum atomic E-state index is 2.49. The van der Waals surface area contributed by atoms with Gasteiger partial charge in [-0.1, -0.05) is 218 Å². The number of anilines is 3. The minimum absolute atomic E-state index is 0.521. The number of hydrogen-bond donors (Lipinski definition) is 0. The molecule has 0 N–H and O–H groups in total. The molecule has 11 aromatic carbocycles. The number of thiophene rings is 1. The topological polar surface area (TPSA) is 3.24 Å². The van der Waals surface area contributed by atoms with E-state index in [9.17, 15) is 0 Å². The second kappa shape index (κ2) is 16.0. The highest BCUT2D eigenvalue weighted by Crippen LogP contribution is 2.59. The molecular weight excluding hydrogens is 827 g/mol. The van der Waals surface area contributed by atoms with Crippen LogP contribution in [0.2, 0.25) is 0 Å². The average molecular weight is 870 g/mol. The van der Waals surface area contributed by atoms with E-state index < -0.39 is 5.41 Å². The minimum Gasteiger partial charge on any atom is -0.310 e. The highest BCUT2D eigenvalue weighted by Gasteiger charge is 2.47. The predicted molar refractivity (Wildman–Crippen MR) is 285 cm³/mol. The lowest BCUT2D eigenvalue weighted by Gasteiger charge is -2.34. The summed E-state index contributed by atoms with van der Waals surface area (Å²) in [6, 6.07) is 96.3. The number of fused-ring (bicyclic) bond motifs is 7. The quantitative estimate of drug-likeness (QED) is 0.147. The van der Waals surface area contributed by atoms with Crippen LogP contribution in [0.15, 0.2) is 261 Å². The highest BCUT2D eigenvalue weighted by molar-refractivity contribution is 7.26. The fraction of sp³-hybridized carbons (Fsp3) is 0.0154. The van der Waals surface area contributed by atoms with Gasteiger partial charge in [-0.2, -0.15) is 0 Å². The van der Waals surface area contributed by atoms with Crippen LogP contribution in [0.1, 0.15) is 22.3 Å². The molecule has 0 unspecified atom stereocenters. The Balaban J connectivity index is 1.02. The number of benzene rings is 11. The number of hydrogen-bond acceptors (Lipinski definition) is 2. The third-order valence-electron chi connectivity index (χ3n) is 13.9. The van der Waals surface area contributed by atoms with Crippen LogP contribution >= 0.6 is 11.3 Å². The van der Waals surface area contributed by atoms with E-state index in [1.54, 1.807) is 0 Å². The first-order chi connectivity index (χ1) is 33.2. The van der Waals surface area contributed by atoms with Crippen LogP contribution in [0.4, 0.5) is 17.1 Å². The van der Waals surface area contributed by atoms with Gasteiger partial charge in [-0.15, -0.1) is 11.3 Å². The summed E-state index contributed by atoms with van der Waals surface area (Å²) in [6.07, 6.45) is 0. The Bertz CT molecular complexity index is 3760. The summed E-state index contributed by atoms with van der Waals surface area (Å²) >= 11 is 1.88. The zero-order chi connectivity index (χ0) is 44.3. The molecule has 0 radical (unpaired) electrons. The maximum Gasteiger partial charge on any atom is 0.0714 e.